The SMILES string of the molecule is Cc1ccc(S(=O)(=O)N2CC3CC2CS3)cc1F. The molecule has 2 atom stereocenters. The molecule has 3 rings (SSSR count). The van der Waals surface area contributed by atoms with Crippen LogP contribution in [-0.2, 0) is 10.0 Å². The Hall–Kier alpha value is -0.590. The van der Waals surface area contributed by atoms with Crippen molar-refractivity contribution in [1.82, 2.24) is 4.31 Å². The maximum Gasteiger partial charge on any atom is 0.243 e. The molecule has 2 aliphatic rings. The fourth-order valence-electron chi connectivity index (χ4n) is 2.53. The van der Waals surface area contributed by atoms with Crippen molar-refractivity contribution in [3.63, 3.8) is 0 Å². The molecule has 18 heavy (non-hydrogen) atoms. The maximum atomic E-state index is 13.5. The molecule has 2 bridgehead atoms. The minimum Gasteiger partial charge on any atom is -0.207 e. The van der Waals surface area contributed by atoms with E-state index in [2.05, 4.69) is 0 Å². The average Bonchev–Trinajstić information content (AvgIpc) is 2.94. The minimum atomic E-state index is -3.53. The first-order valence-electron chi connectivity index (χ1n) is 5.88. The summed E-state index contributed by atoms with van der Waals surface area (Å²) in [7, 11) is -3.53. The molecule has 0 aliphatic carbocycles. The van der Waals surface area contributed by atoms with Gasteiger partial charge in [0.2, 0.25) is 10.0 Å². The lowest BCUT2D eigenvalue weighted by atomic mass is 10.2. The van der Waals surface area contributed by atoms with Crippen molar-refractivity contribution < 1.29 is 12.8 Å². The van der Waals surface area contributed by atoms with E-state index in [1.165, 1.54) is 16.4 Å². The molecular weight excluding hydrogens is 273 g/mol. The van der Waals surface area contributed by atoms with Gasteiger partial charge in [-0.2, -0.15) is 16.1 Å². The quantitative estimate of drug-likeness (QED) is 0.835. The Balaban J connectivity index is 1.97. The molecule has 2 aliphatic heterocycles. The van der Waals surface area contributed by atoms with Gasteiger partial charge in [-0.3, -0.25) is 0 Å². The van der Waals surface area contributed by atoms with E-state index in [-0.39, 0.29) is 10.9 Å². The zero-order valence-corrected chi connectivity index (χ0v) is 11.6. The first kappa shape index (κ1) is 12.4. The molecule has 1 aromatic rings. The van der Waals surface area contributed by atoms with Crippen LogP contribution in [0.15, 0.2) is 23.1 Å². The van der Waals surface area contributed by atoms with Gasteiger partial charge in [-0.05, 0) is 31.0 Å². The molecule has 2 heterocycles. The summed E-state index contributed by atoms with van der Waals surface area (Å²) in [6.45, 7) is 2.19. The number of benzene rings is 1. The van der Waals surface area contributed by atoms with Gasteiger partial charge in [0.05, 0.1) is 4.90 Å². The van der Waals surface area contributed by atoms with Gasteiger partial charge in [-0.25, -0.2) is 12.8 Å². The minimum absolute atomic E-state index is 0.0724. The second kappa shape index (κ2) is 4.21. The summed E-state index contributed by atoms with van der Waals surface area (Å²) < 4.78 is 39.9. The average molecular weight is 287 g/mol. The summed E-state index contributed by atoms with van der Waals surface area (Å²) in [4.78, 5) is 0.0724. The zero-order chi connectivity index (χ0) is 12.9. The van der Waals surface area contributed by atoms with Crippen LogP contribution in [0.3, 0.4) is 0 Å². The predicted octanol–water partition coefficient (Wildman–Crippen LogP) is 2.01. The monoisotopic (exact) mass is 287 g/mol. The summed E-state index contributed by atoms with van der Waals surface area (Å²) in [5, 5.41) is 0.417. The van der Waals surface area contributed by atoms with Crippen LogP contribution in [-0.4, -0.2) is 36.3 Å². The van der Waals surface area contributed by atoms with E-state index in [0.717, 1.165) is 18.2 Å². The largest absolute Gasteiger partial charge is 0.243 e. The first-order chi connectivity index (χ1) is 8.48. The lowest BCUT2D eigenvalue weighted by Gasteiger charge is -2.25. The zero-order valence-electron chi connectivity index (χ0n) is 9.97. The standard InChI is InChI=1S/C12H14FNO2S2/c1-8-2-3-11(5-12(8)13)18(15,16)14-6-10-4-9(14)7-17-10/h2-3,5,9-10H,4,6-7H2,1H3. The highest BCUT2D eigenvalue weighted by molar-refractivity contribution is 8.00. The summed E-state index contributed by atoms with van der Waals surface area (Å²) in [5.74, 6) is 0.396. The van der Waals surface area contributed by atoms with Crippen molar-refractivity contribution in [3.8, 4) is 0 Å². The van der Waals surface area contributed by atoms with Gasteiger partial charge in [0.15, 0.2) is 0 Å². The third-order valence-electron chi connectivity index (χ3n) is 3.60. The number of nitrogens with zero attached hydrogens (tertiary/aromatic N) is 1. The number of fused-ring (bicyclic) bond motifs is 2. The molecule has 98 valence electrons. The van der Waals surface area contributed by atoms with Crippen LogP contribution in [0.1, 0.15) is 12.0 Å². The van der Waals surface area contributed by atoms with Gasteiger partial charge in [-0.15, -0.1) is 0 Å². The van der Waals surface area contributed by atoms with Gasteiger partial charge < -0.3 is 0 Å². The van der Waals surface area contributed by atoms with Crippen molar-refractivity contribution in [1.29, 1.82) is 0 Å². The molecule has 1 aromatic carbocycles. The Bertz CT molecular complexity index is 588. The van der Waals surface area contributed by atoms with Crippen molar-refractivity contribution in [2.45, 2.75) is 29.5 Å². The molecule has 0 saturated carbocycles. The van der Waals surface area contributed by atoms with Gasteiger partial charge >= 0.3 is 0 Å². The molecule has 2 saturated heterocycles. The number of sulfonamides is 1. The fraction of sp³-hybridized carbons (Fsp3) is 0.500. The number of halogens is 1. The highest BCUT2D eigenvalue weighted by Gasteiger charge is 2.44. The van der Waals surface area contributed by atoms with Gasteiger partial charge in [0.1, 0.15) is 5.82 Å². The summed E-state index contributed by atoms with van der Waals surface area (Å²) in [6, 6.07) is 4.23. The van der Waals surface area contributed by atoms with Crippen LogP contribution >= 0.6 is 11.8 Å². The third-order valence-corrected chi connectivity index (χ3v) is 6.90. The molecule has 3 nitrogen and oxygen atoms in total. The van der Waals surface area contributed by atoms with Crippen LogP contribution in [0, 0.1) is 12.7 Å². The Morgan fingerprint density at radius 2 is 2.22 bits per heavy atom. The predicted molar refractivity (Wildman–Crippen MR) is 69.7 cm³/mol. The maximum absolute atomic E-state index is 13.5. The van der Waals surface area contributed by atoms with Gasteiger partial charge in [-0.1, -0.05) is 6.07 Å². The highest BCUT2D eigenvalue weighted by atomic mass is 32.2. The summed E-state index contributed by atoms with van der Waals surface area (Å²) >= 11 is 1.83. The topological polar surface area (TPSA) is 37.4 Å². The van der Waals surface area contributed by atoms with E-state index in [1.54, 1.807) is 6.92 Å². The van der Waals surface area contributed by atoms with E-state index in [1.807, 2.05) is 11.8 Å². The molecular formula is C12H14FNO2S2. The number of aryl methyl sites for hydroxylation is 1. The molecule has 0 radical (unpaired) electrons. The summed E-state index contributed by atoms with van der Waals surface area (Å²) in [5.41, 5.74) is 0.465. The molecule has 0 N–H and O–H groups in total. The van der Waals surface area contributed by atoms with Crippen molar-refractivity contribution in [3.05, 3.63) is 29.6 Å². The normalized spacial score (nSPS) is 27.9. The van der Waals surface area contributed by atoms with E-state index < -0.39 is 15.8 Å². The van der Waals surface area contributed by atoms with Crippen LogP contribution in [0.4, 0.5) is 4.39 Å². The molecule has 6 heteroatoms. The van der Waals surface area contributed by atoms with Crippen LogP contribution in [0.2, 0.25) is 0 Å². The molecule has 2 unspecified atom stereocenters. The lowest BCUT2D eigenvalue weighted by molar-refractivity contribution is 0.409. The second-order valence-corrected chi connectivity index (χ2v) is 8.05. The van der Waals surface area contributed by atoms with Crippen molar-refractivity contribution in [2.24, 2.45) is 0 Å². The Morgan fingerprint density at radius 3 is 2.78 bits per heavy atom. The van der Waals surface area contributed by atoms with Crippen molar-refractivity contribution in [2.75, 3.05) is 12.3 Å². The smallest absolute Gasteiger partial charge is 0.207 e. The van der Waals surface area contributed by atoms with Gasteiger partial charge in [0, 0.05) is 23.6 Å². The number of thioether (sulfide) groups is 1. The summed E-state index contributed by atoms with van der Waals surface area (Å²) in [6.07, 6.45) is 0.929. The van der Waals surface area contributed by atoms with Gasteiger partial charge in [0.25, 0.3) is 0 Å². The van der Waals surface area contributed by atoms with Crippen LogP contribution in [0.25, 0.3) is 0 Å². The second-order valence-electron chi connectivity index (χ2n) is 4.83. The highest BCUT2D eigenvalue weighted by Crippen LogP contribution is 2.40. The fourth-order valence-corrected chi connectivity index (χ4v) is 5.84. The van der Waals surface area contributed by atoms with E-state index in [0.29, 0.717) is 17.4 Å². The van der Waals surface area contributed by atoms with E-state index >= 15 is 0 Å². The Kier molecular flexibility index (Phi) is 2.91. The third kappa shape index (κ3) is 1.87. The van der Waals surface area contributed by atoms with Crippen LogP contribution < -0.4 is 0 Å². The molecule has 0 spiro atoms. The number of rotatable bonds is 2. The van der Waals surface area contributed by atoms with Crippen molar-refractivity contribution >= 4 is 21.8 Å². The van der Waals surface area contributed by atoms with Crippen LogP contribution in [0.5, 0.6) is 0 Å². The number of hydrogen-bond acceptors (Lipinski definition) is 3. The molecule has 0 aromatic heterocycles. The van der Waals surface area contributed by atoms with E-state index in [9.17, 15) is 12.8 Å². The van der Waals surface area contributed by atoms with E-state index in [4.69, 9.17) is 0 Å². The Morgan fingerprint density at radius 1 is 1.44 bits per heavy atom. The first-order valence-corrected chi connectivity index (χ1v) is 8.37. The molecule has 2 fully saturated rings. The molecule has 0 amide bonds. The lowest BCUT2D eigenvalue weighted by Crippen LogP contribution is -2.39. The number of hydrogen-bond donors (Lipinski definition) is 0. The Labute approximate surface area is 110 Å².